The lowest BCUT2D eigenvalue weighted by Gasteiger charge is -2.08. The molecular weight excluding hydrogens is 263 g/mol. The molecule has 0 aromatic heterocycles. The first-order chi connectivity index (χ1) is 8.73. The van der Waals surface area contributed by atoms with Crippen molar-refractivity contribution in [2.45, 2.75) is 13.8 Å². The Labute approximate surface area is 106 Å². The number of carbonyl (C=O) groups excluding carboxylic acids is 1. The lowest BCUT2D eigenvalue weighted by Crippen LogP contribution is -2.17. The van der Waals surface area contributed by atoms with E-state index in [1.165, 1.54) is 13.8 Å². The van der Waals surface area contributed by atoms with Crippen LogP contribution in [-0.4, -0.2) is 17.0 Å². The van der Waals surface area contributed by atoms with Gasteiger partial charge in [0.1, 0.15) is 5.82 Å². The van der Waals surface area contributed by atoms with Crippen molar-refractivity contribution in [1.82, 2.24) is 0 Å². The van der Waals surface area contributed by atoms with Gasteiger partial charge in [-0.3, -0.25) is 4.79 Å². The maximum Gasteiger partial charge on any atom is 0.331 e. The van der Waals surface area contributed by atoms with Crippen LogP contribution in [0.25, 0.3) is 0 Å². The third kappa shape index (κ3) is 3.34. The highest BCUT2D eigenvalue weighted by Crippen LogP contribution is 2.20. The van der Waals surface area contributed by atoms with Crippen molar-refractivity contribution >= 4 is 17.6 Å². The zero-order chi connectivity index (χ0) is 14.7. The minimum atomic E-state index is -1.45. The molecular formula is C12H10F3NO3. The van der Waals surface area contributed by atoms with Crippen LogP contribution < -0.4 is 5.32 Å². The molecule has 0 radical (unpaired) electrons. The fourth-order valence-electron chi connectivity index (χ4n) is 1.19. The number of rotatable bonds is 3. The molecule has 0 aliphatic heterocycles. The topological polar surface area (TPSA) is 66.4 Å². The van der Waals surface area contributed by atoms with Crippen molar-refractivity contribution in [2.75, 3.05) is 5.32 Å². The van der Waals surface area contributed by atoms with E-state index < -0.39 is 35.0 Å². The average molecular weight is 273 g/mol. The zero-order valence-corrected chi connectivity index (χ0v) is 10.1. The summed E-state index contributed by atoms with van der Waals surface area (Å²) in [5.41, 5.74) is -1.15. The predicted octanol–water partition coefficient (Wildman–Crippen LogP) is 2.46. The van der Waals surface area contributed by atoms with Crippen molar-refractivity contribution < 1.29 is 27.9 Å². The summed E-state index contributed by atoms with van der Waals surface area (Å²) in [7, 11) is 0. The SMILES string of the molecule is CC(C(=O)O)=C(C)C(=O)Nc1cc(F)cc(F)c1F. The van der Waals surface area contributed by atoms with Gasteiger partial charge in [0, 0.05) is 23.3 Å². The van der Waals surface area contributed by atoms with Crippen LogP contribution in [0.15, 0.2) is 23.3 Å². The number of carboxylic acids is 1. The quantitative estimate of drug-likeness (QED) is 0.656. The number of carbonyl (C=O) groups is 2. The summed E-state index contributed by atoms with van der Waals surface area (Å²) in [5, 5.41) is 10.6. The molecule has 0 fully saturated rings. The average Bonchev–Trinajstić information content (AvgIpc) is 2.33. The Morgan fingerprint density at radius 3 is 2.21 bits per heavy atom. The molecule has 0 aliphatic carbocycles. The van der Waals surface area contributed by atoms with Gasteiger partial charge in [-0.25, -0.2) is 18.0 Å². The highest BCUT2D eigenvalue weighted by Gasteiger charge is 2.17. The Balaban J connectivity index is 3.08. The van der Waals surface area contributed by atoms with Gasteiger partial charge in [-0.05, 0) is 13.8 Å². The number of anilines is 1. The van der Waals surface area contributed by atoms with Crippen LogP contribution in [0.4, 0.5) is 18.9 Å². The maximum atomic E-state index is 13.3. The number of benzene rings is 1. The Morgan fingerprint density at radius 1 is 1.11 bits per heavy atom. The molecule has 0 heterocycles. The summed E-state index contributed by atoms with van der Waals surface area (Å²) in [5.74, 6) is -6.21. The van der Waals surface area contributed by atoms with Gasteiger partial charge in [-0.15, -0.1) is 0 Å². The van der Waals surface area contributed by atoms with E-state index in [1.807, 2.05) is 5.32 Å². The number of halogens is 3. The third-order valence-corrected chi connectivity index (χ3v) is 2.47. The lowest BCUT2D eigenvalue weighted by molar-refractivity contribution is -0.133. The molecule has 1 rings (SSSR count). The number of hydrogen-bond acceptors (Lipinski definition) is 2. The first kappa shape index (κ1) is 14.7. The lowest BCUT2D eigenvalue weighted by atomic mass is 10.1. The van der Waals surface area contributed by atoms with Crippen molar-refractivity contribution in [1.29, 1.82) is 0 Å². The molecule has 0 spiro atoms. The summed E-state index contributed by atoms with van der Waals surface area (Å²) in [6.07, 6.45) is 0. The van der Waals surface area contributed by atoms with Crippen molar-refractivity contribution in [2.24, 2.45) is 0 Å². The van der Waals surface area contributed by atoms with Crippen LogP contribution in [0.2, 0.25) is 0 Å². The highest BCUT2D eigenvalue weighted by molar-refractivity contribution is 6.08. The van der Waals surface area contributed by atoms with Crippen LogP contribution in [-0.2, 0) is 9.59 Å². The number of aliphatic carboxylic acids is 1. The van der Waals surface area contributed by atoms with E-state index in [4.69, 9.17) is 5.11 Å². The van der Waals surface area contributed by atoms with Gasteiger partial charge in [0.25, 0.3) is 5.91 Å². The summed E-state index contributed by atoms with van der Waals surface area (Å²) in [6, 6.07) is 0.926. The number of hydrogen-bond donors (Lipinski definition) is 2. The Bertz CT molecular complexity index is 582. The number of carboxylic acid groups (broad SMARTS) is 1. The second-order valence-electron chi connectivity index (χ2n) is 3.76. The van der Waals surface area contributed by atoms with E-state index >= 15 is 0 Å². The largest absolute Gasteiger partial charge is 0.478 e. The van der Waals surface area contributed by atoms with Crippen LogP contribution in [0, 0.1) is 17.5 Å². The van der Waals surface area contributed by atoms with Crippen LogP contribution >= 0.6 is 0 Å². The van der Waals surface area contributed by atoms with Crippen LogP contribution in [0.3, 0.4) is 0 Å². The Kier molecular flexibility index (Phi) is 4.31. The minimum Gasteiger partial charge on any atom is -0.478 e. The fraction of sp³-hybridized carbons (Fsp3) is 0.167. The standard InChI is InChI=1S/C12H10F3NO3/c1-5(6(2)12(18)19)11(17)16-9-4-7(13)3-8(14)10(9)15/h3-4H,1-2H3,(H,16,17)(H,18,19). The minimum absolute atomic E-state index is 0.198. The number of nitrogens with one attached hydrogen (secondary N) is 1. The molecule has 102 valence electrons. The van der Waals surface area contributed by atoms with Crippen LogP contribution in [0.5, 0.6) is 0 Å². The molecule has 0 saturated carbocycles. The van der Waals surface area contributed by atoms with E-state index in [0.29, 0.717) is 12.1 Å². The number of amides is 1. The Morgan fingerprint density at radius 2 is 1.68 bits per heavy atom. The first-order valence-corrected chi connectivity index (χ1v) is 5.10. The molecule has 2 N–H and O–H groups in total. The van der Waals surface area contributed by atoms with Gasteiger partial charge in [-0.2, -0.15) is 0 Å². The summed E-state index contributed by atoms with van der Waals surface area (Å²) < 4.78 is 39.1. The molecule has 1 aromatic carbocycles. The predicted molar refractivity (Wildman–Crippen MR) is 61.0 cm³/mol. The van der Waals surface area contributed by atoms with E-state index in [1.54, 1.807) is 0 Å². The van der Waals surface area contributed by atoms with Gasteiger partial charge < -0.3 is 10.4 Å². The normalized spacial score (nSPS) is 11.8. The monoisotopic (exact) mass is 273 g/mol. The van der Waals surface area contributed by atoms with E-state index in [9.17, 15) is 22.8 Å². The van der Waals surface area contributed by atoms with Crippen molar-refractivity contribution in [3.63, 3.8) is 0 Å². The van der Waals surface area contributed by atoms with E-state index in [0.717, 1.165) is 0 Å². The molecule has 0 unspecified atom stereocenters. The molecule has 4 nitrogen and oxygen atoms in total. The molecule has 0 bridgehead atoms. The van der Waals surface area contributed by atoms with Crippen LogP contribution in [0.1, 0.15) is 13.8 Å². The molecule has 1 amide bonds. The molecule has 19 heavy (non-hydrogen) atoms. The summed E-state index contributed by atoms with van der Waals surface area (Å²) >= 11 is 0. The molecule has 7 heteroatoms. The second kappa shape index (κ2) is 5.55. The fourth-order valence-corrected chi connectivity index (χ4v) is 1.19. The van der Waals surface area contributed by atoms with E-state index in [2.05, 4.69) is 0 Å². The summed E-state index contributed by atoms with van der Waals surface area (Å²) in [6.45, 7) is 2.38. The second-order valence-corrected chi connectivity index (χ2v) is 3.76. The van der Waals surface area contributed by atoms with Crippen molar-refractivity contribution in [3.05, 3.63) is 40.7 Å². The molecule has 1 aromatic rings. The highest BCUT2D eigenvalue weighted by atomic mass is 19.2. The summed E-state index contributed by atoms with van der Waals surface area (Å²) in [4.78, 5) is 22.2. The molecule has 0 aliphatic rings. The van der Waals surface area contributed by atoms with Gasteiger partial charge in [0.2, 0.25) is 0 Å². The smallest absolute Gasteiger partial charge is 0.331 e. The van der Waals surface area contributed by atoms with Gasteiger partial charge in [-0.1, -0.05) is 0 Å². The van der Waals surface area contributed by atoms with Gasteiger partial charge >= 0.3 is 5.97 Å². The van der Waals surface area contributed by atoms with E-state index in [-0.39, 0.29) is 11.1 Å². The Hall–Kier alpha value is -2.31. The maximum absolute atomic E-state index is 13.3. The first-order valence-electron chi connectivity index (χ1n) is 5.10. The van der Waals surface area contributed by atoms with Gasteiger partial charge in [0.15, 0.2) is 11.6 Å². The zero-order valence-electron chi connectivity index (χ0n) is 10.1. The van der Waals surface area contributed by atoms with Crippen molar-refractivity contribution in [3.8, 4) is 0 Å². The third-order valence-electron chi connectivity index (χ3n) is 2.47. The van der Waals surface area contributed by atoms with Gasteiger partial charge in [0.05, 0.1) is 5.69 Å². The molecule has 0 atom stereocenters. The molecule has 0 saturated heterocycles.